The summed E-state index contributed by atoms with van der Waals surface area (Å²) in [5, 5.41) is 12.1. The molecule has 1 aromatic carbocycles. The Morgan fingerprint density at radius 1 is 1.45 bits per heavy atom. The van der Waals surface area contributed by atoms with Gasteiger partial charge in [0.15, 0.2) is 0 Å². The van der Waals surface area contributed by atoms with Gasteiger partial charge < -0.3 is 20.1 Å². The Labute approximate surface area is 132 Å². The number of methoxy groups -OCH3 is 1. The Morgan fingerprint density at radius 3 is 2.95 bits per heavy atom. The first-order valence-electron chi connectivity index (χ1n) is 7.96. The predicted octanol–water partition coefficient (Wildman–Crippen LogP) is 2.06. The van der Waals surface area contributed by atoms with Crippen molar-refractivity contribution in [3.05, 3.63) is 34.9 Å². The van der Waals surface area contributed by atoms with Gasteiger partial charge in [0.25, 0.3) is 0 Å². The summed E-state index contributed by atoms with van der Waals surface area (Å²) in [4.78, 5) is 13.7. The highest BCUT2D eigenvalue weighted by molar-refractivity contribution is 5.68. The van der Waals surface area contributed by atoms with Crippen LogP contribution in [0.5, 0.6) is 0 Å². The highest BCUT2D eigenvalue weighted by atomic mass is 16.5. The topological polar surface area (TPSA) is 61.8 Å². The average molecular weight is 306 g/mol. The minimum atomic E-state index is -0.243. The molecule has 0 saturated carbocycles. The van der Waals surface area contributed by atoms with E-state index in [0.29, 0.717) is 6.54 Å². The van der Waals surface area contributed by atoms with Crippen LogP contribution in [-0.2, 0) is 24.2 Å². The van der Waals surface area contributed by atoms with Gasteiger partial charge in [-0.05, 0) is 42.5 Å². The fourth-order valence-corrected chi connectivity index (χ4v) is 2.94. The van der Waals surface area contributed by atoms with E-state index in [4.69, 9.17) is 9.84 Å². The van der Waals surface area contributed by atoms with Gasteiger partial charge in [0.2, 0.25) is 0 Å². The van der Waals surface area contributed by atoms with Gasteiger partial charge >= 0.3 is 6.09 Å². The SMILES string of the molecule is CCC1Cc2cc(CNCCCO)ccc2CN1C(=O)OC. The maximum atomic E-state index is 11.9. The van der Waals surface area contributed by atoms with Crippen molar-refractivity contribution in [3.8, 4) is 0 Å². The second kappa shape index (κ2) is 8.15. The van der Waals surface area contributed by atoms with Crippen LogP contribution in [0.15, 0.2) is 18.2 Å². The molecule has 1 aliphatic rings. The molecular weight excluding hydrogens is 280 g/mol. The van der Waals surface area contributed by atoms with Gasteiger partial charge in [0, 0.05) is 25.7 Å². The molecular formula is C17H26N2O3. The number of amides is 1. The molecule has 1 aromatic rings. The summed E-state index contributed by atoms with van der Waals surface area (Å²) in [6.45, 7) is 4.58. The molecule has 0 bridgehead atoms. The summed E-state index contributed by atoms with van der Waals surface area (Å²) in [5.74, 6) is 0. The Hall–Kier alpha value is -1.59. The standard InChI is InChI=1S/C17H26N2O3/c1-3-16-10-15-9-13(11-18-7-4-8-20)5-6-14(15)12-19(16)17(21)22-2/h5-6,9,16,18,20H,3-4,7-8,10-12H2,1-2H3. The van der Waals surface area contributed by atoms with Crippen molar-refractivity contribution >= 4 is 6.09 Å². The second-order valence-electron chi connectivity index (χ2n) is 5.72. The number of benzene rings is 1. The fourth-order valence-electron chi connectivity index (χ4n) is 2.94. The summed E-state index contributed by atoms with van der Waals surface area (Å²) in [5.41, 5.74) is 3.78. The molecule has 5 heteroatoms. The van der Waals surface area contributed by atoms with Crippen LogP contribution >= 0.6 is 0 Å². The first-order valence-corrected chi connectivity index (χ1v) is 7.96. The van der Waals surface area contributed by atoms with E-state index < -0.39 is 0 Å². The van der Waals surface area contributed by atoms with Crippen LogP contribution < -0.4 is 5.32 Å². The molecule has 0 fully saturated rings. The third-order valence-corrected chi connectivity index (χ3v) is 4.23. The quantitative estimate of drug-likeness (QED) is 0.790. The van der Waals surface area contributed by atoms with Gasteiger partial charge in [-0.15, -0.1) is 0 Å². The molecule has 122 valence electrons. The molecule has 0 radical (unpaired) electrons. The van der Waals surface area contributed by atoms with Crippen LogP contribution in [0.25, 0.3) is 0 Å². The number of hydrogen-bond donors (Lipinski definition) is 2. The van der Waals surface area contributed by atoms with Crippen LogP contribution in [-0.4, -0.2) is 42.4 Å². The van der Waals surface area contributed by atoms with E-state index in [1.807, 2.05) is 4.90 Å². The van der Waals surface area contributed by atoms with E-state index in [9.17, 15) is 4.79 Å². The largest absolute Gasteiger partial charge is 0.453 e. The Bertz CT molecular complexity index is 505. The van der Waals surface area contributed by atoms with Crippen molar-refractivity contribution in [3.63, 3.8) is 0 Å². The van der Waals surface area contributed by atoms with E-state index in [1.54, 1.807) is 0 Å². The van der Waals surface area contributed by atoms with Crippen molar-refractivity contribution in [2.75, 3.05) is 20.3 Å². The monoisotopic (exact) mass is 306 g/mol. The Morgan fingerprint density at radius 2 is 2.27 bits per heavy atom. The van der Waals surface area contributed by atoms with Crippen molar-refractivity contribution in [1.82, 2.24) is 10.2 Å². The van der Waals surface area contributed by atoms with Crippen LogP contribution in [0.3, 0.4) is 0 Å². The van der Waals surface area contributed by atoms with Gasteiger partial charge in [-0.25, -0.2) is 4.79 Å². The Balaban J connectivity index is 2.06. The lowest BCUT2D eigenvalue weighted by atomic mass is 9.91. The first-order chi connectivity index (χ1) is 10.7. The molecule has 0 saturated heterocycles. The van der Waals surface area contributed by atoms with Gasteiger partial charge in [-0.3, -0.25) is 0 Å². The Kier molecular flexibility index (Phi) is 6.21. The van der Waals surface area contributed by atoms with E-state index in [0.717, 1.165) is 32.4 Å². The number of hydrogen-bond acceptors (Lipinski definition) is 4. The number of carbonyl (C=O) groups excluding carboxylic acids is 1. The normalized spacial score (nSPS) is 17.2. The van der Waals surface area contributed by atoms with Crippen LogP contribution in [0.2, 0.25) is 0 Å². The average Bonchev–Trinajstić information content (AvgIpc) is 2.56. The predicted molar refractivity (Wildman–Crippen MR) is 85.6 cm³/mol. The molecule has 0 aliphatic carbocycles. The van der Waals surface area contributed by atoms with Crippen molar-refractivity contribution < 1.29 is 14.6 Å². The van der Waals surface area contributed by atoms with E-state index in [-0.39, 0.29) is 18.7 Å². The third kappa shape index (κ3) is 3.99. The van der Waals surface area contributed by atoms with Gasteiger partial charge in [-0.2, -0.15) is 0 Å². The van der Waals surface area contributed by atoms with Crippen molar-refractivity contribution in [2.45, 2.75) is 45.3 Å². The number of nitrogens with zero attached hydrogens (tertiary/aromatic N) is 1. The van der Waals surface area contributed by atoms with Crippen LogP contribution in [0.4, 0.5) is 4.79 Å². The van der Waals surface area contributed by atoms with Crippen molar-refractivity contribution in [2.24, 2.45) is 0 Å². The van der Waals surface area contributed by atoms with E-state index in [1.165, 1.54) is 23.8 Å². The third-order valence-electron chi connectivity index (χ3n) is 4.23. The molecule has 5 nitrogen and oxygen atoms in total. The summed E-state index contributed by atoms with van der Waals surface area (Å²) >= 11 is 0. The van der Waals surface area contributed by atoms with Gasteiger partial charge in [0.1, 0.15) is 0 Å². The molecule has 1 unspecified atom stereocenters. The molecule has 0 aromatic heterocycles. The summed E-state index contributed by atoms with van der Waals surface area (Å²) in [7, 11) is 1.44. The number of ether oxygens (including phenoxy) is 1. The number of aliphatic hydroxyl groups is 1. The van der Waals surface area contributed by atoms with Crippen LogP contribution in [0.1, 0.15) is 36.5 Å². The van der Waals surface area contributed by atoms with Gasteiger partial charge in [-0.1, -0.05) is 25.1 Å². The number of aliphatic hydroxyl groups excluding tert-OH is 1. The lowest BCUT2D eigenvalue weighted by Crippen LogP contribution is -2.43. The van der Waals surface area contributed by atoms with Crippen molar-refractivity contribution in [1.29, 1.82) is 0 Å². The number of carbonyl (C=O) groups is 1. The maximum Gasteiger partial charge on any atom is 0.410 e. The molecule has 1 aliphatic heterocycles. The molecule has 2 N–H and O–H groups in total. The summed E-state index contributed by atoms with van der Waals surface area (Å²) < 4.78 is 4.89. The molecule has 1 atom stereocenters. The molecule has 1 heterocycles. The van der Waals surface area contributed by atoms with Crippen LogP contribution in [0, 0.1) is 0 Å². The zero-order valence-electron chi connectivity index (χ0n) is 13.5. The number of fused-ring (bicyclic) bond motifs is 1. The zero-order valence-corrected chi connectivity index (χ0v) is 13.5. The summed E-state index contributed by atoms with van der Waals surface area (Å²) in [6, 6.07) is 6.66. The maximum absolute atomic E-state index is 11.9. The first kappa shape index (κ1) is 16.8. The summed E-state index contributed by atoms with van der Waals surface area (Å²) in [6.07, 6.45) is 2.34. The second-order valence-corrected chi connectivity index (χ2v) is 5.72. The van der Waals surface area contributed by atoms with Gasteiger partial charge in [0.05, 0.1) is 7.11 Å². The lowest BCUT2D eigenvalue weighted by Gasteiger charge is -2.35. The zero-order chi connectivity index (χ0) is 15.9. The van der Waals surface area contributed by atoms with E-state index >= 15 is 0 Å². The van der Waals surface area contributed by atoms with E-state index in [2.05, 4.69) is 30.4 Å². The highest BCUT2D eigenvalue weighted by Crippen LogP contribution is 2.26. The fraction of sp³-hybridized carbons (Fsp3) is 0.588. The lowest BCUT2D eigenvalue weighted by molar-refractivity contribution is 0.0950. The highest BCUT2D eigenvalue weighted by Gasteiger charge is 2.29. The minimum Gasteiger partial charge on any atom is -0.453 e. The number of nitrogens with one attached hydrogen (secondary N) is 1. The molecule has 1 amide bonds. The molecule has 2 rings (SSSR count). The minimum absolute atomic E-state index is 0.206. The smallest absolute Gasteiger partial charge is 0.410 e. The molecule has 22 heavy (non-hydrogen) atoms. The molecule has 0 spiro atoms. The number of rotatable bonds is 6.